The quantitative estimate of drug-likeness (QED) is 0.932. The number of fused-ring (bicyclic) bond motifs is 1. The number of carbonyl (C=O) groups is 1. The van der Waals surface area contributed by atoms with Gasteiger partial charge in [-0.25, -0.2) is 0 Å². The zero-order valence-electron chi connectivity index (χ0n) is 14.5. The van der Waals surface area contributed by atoms with Crippen molar-refractivity contribution in [3.05, 3.63) is 29.3 Å². The minimum atomic E-state index is -0.449. The summed E-state index contributed by atoms with van der Waals surface area (Å²) in [5.74, 6) is 0.898. The van der Waals surface area contributed by atoms with Gasteiger partial charge in [-0.05, 0) is 62.4 Å². The first-order chi connectivity index (χ1) is 11.0. The van der Waals surface area contributed by atoms with Crippen LogP contribution in [0.3, 0.4) is 0 Å². The van der Waals surface area contributed by atoms with Gasteiger partial charge in [-0.2, -0.15) is 0 Å². The van der Waals surface area contributed by atoms with Crippen LogP contribution in [0, 0.1) is 5.92 Å². The summed E-state index contributed by atoms with van der Waals surface area (Å²) in [6.07, 6.45) is 2.87. The predicted molar refractivity (Wildman–Crippen MR) is 92.6 cm³/mol. The van der Waals surface area contributed by atoms with E-state index in [9.17, 15) is 9.90 Å². The molecule has 1 fully saturated rings. The van der Waals surface area contributed by atoms with E-state index in [1.165, 1.54) is 18.4 Å². The smallest absolute Gasteiger partial charge is 0.224 e. The summed E-state index contributed by atoms with van der Waals surface area (Å²) in [5, 5.41) is 10.6. The zero-order valence-corrected chi connectivity index (χ0v) is 14.5. The lowest BCUT2D eigenvalue weighted by Gasteiger charge is -2.31. The summed E-state index contributed by atoms with van der Waals surface area (Å²) in [6, 6.07) is 6.27. The van der Waals surface area contributed by atoms with E-state index in [-0.39, 0.29) is 11.9 Å². The molecule has 0 aliphatic carbocycles. The van der Waals surface area contributed by atoms with Gasteiger partial charge in [0.15, 0.2) is 0 Å². The van der Waals surface area contributed by atoms with Gasteiger partial charge in [-0.1, -0.05) is 19.1 Å². The van der Waals surface area contributed by atoms with Gasteiger partial charge in [-0.3, -0.25) is 4.79 Å². The molecule has 0 radical (unpaired) electrons. The molecule has 1 amide bonds. The number of benzene rings is 1. The van der Waals surface area contributed by atoms with Crippen molar-refractivity contribution in [2.24, 2.45) is 5.92 Å². The van der Waals surface area contributed by atoms with Crippen LogP contribution in [0.2, 0.25) is 0 Å². The van der Waals surface area contributed by atoms with Crippen LogP contribution in [0.5, 0.6) is 0 Å². The number of likely N-dealkylation sites (tertiary alicyclic amines) is 1. The minimum Gasteiger partial charge on any atom is -0.387 e. The monoisotopic (exact) mass is 316 g/mol. The second-order valence-corrected chi connectivity index (χ2v) is 7.33. The largest absolute Gasteiger partial charge is 0.387 e. The Labute approximate surface area is 139 Å². The summed E-state index contributed by atoms with van der Waals surface area (Å²) >= 11 is 0. The summed E-state index contributed by atoms with van der Waals surface area (Å²) < 4.78 is 0. The average Bonchev–Trinajstić information content (AvgIpc) is 2.84. The molecule has 0 spiro atoms. The number of hydrogen-bond acceptors (Lipinski definition) is 3. The Kier molecular flexibility index (Phi) is 4.74. The van der Waals surface area contributed by atoms with Crippen molar-refractivity contribution in [3.63, 3.8) is 0 Å². The topological polar surface area (TPSA) is 43.8 Å². The highest BCUT2D eigenvalue weighted by atomic mass is 16.3. The minimum absolute atomic E-state index is 0.0898. The molecule has 1 N–H and O–H groups in total. The fourth-order valence-electron chi connectivity index (χ4n) is 3.93. The van der Waals surface area contributed by atoms with Crippen molar-refractivity contribution in [3.8, 4) is 0 Å². The van der Waals surface area contributed by atoms with E-state index in [1.54, 1.807) is 6.92 Å². The van der Waals surface area contributed by atoms with Crippen LogP contribution in [-0.2, 0) is 11.2 Å². The maximum absolute atomic E-state index is 11.8. The van der Waals surface area contributed by atoms with Gasteiger partial charge >= 0.3 is 0 Å². The number of rotatable bonds is 3. The van der Waals surface area contributed by atoms with Crippen LogP contribution in [0.15, 0.2) is 18.2 Å². The van der Waals surface area contributed by atoms with E-state index < -0.39 is 6.10 Å². The predicted octanol–water partition coefficient (Wildman–Crippen LogP) is 2.75. The Morgan fingerprint density at radius 1 is 1.30 bits per heavy atom. The van der Waals surface area contributed by atoms with Crippen LogP contribution in [0.1, 0.15) is 50.8 Å². The maximum Gasteiger partial charge on any atom is 0.224 e. The number of anilines is 1. The molecule has 4 heteroatoms. The Bertz CT molecular complexity index is 579. The molecule has 3 rings (SSSR count). The molecule has 4 nitrogen and oxygen atoms in total. The first kappa shape index (κ1) is 16.5. The molecule has 0 saturated carbocycles. The van der Waals surface area contributed by atoms with Crippen LogP contribution in [0.25, 0.3) is 0 Å². The normalized spacial score (nSPS) is 23.8. The van der Waals surface area contributed by atoms with E-state index in [0.29, 0.717) is 6.54 Å². The van der Waals surface area contributed by atoms with E-state index in [2.05, 4.69) is 24.8 Å². The zero-order chi connectivity index (χ0) is 16.6. The Morgan fingerprint density at radius 3 is 2.65 bits per heavy atom. The number of β-amino-alcohol motifs (C(OH)–C–C–N with tert-alkyl or cyclic N) is 1. The lowest BCUT2D eigenvalue weighted by atomic mass is 9.98. The second-order valence-electron chi connectivity index (χ2n) is 7.33. The molecule has 2 heterocycles. The second kappa shape index (κ2) is 6.62. The number of aliphatic hydroxyl groups excluding tert-OH is 1. The van der Waals surface area contributed by atoms with E-state index in [1.807, 2.05) is 17.0 Å². The van der Waals surface area contributed by atoms with E-state index >= 15 is 0 Å². The van der Waals surface area contributed by atoms with Crippen molar-refractivity contribution in [2.45, 2.75) is 52.2 Å². The molecule has 1 saturated heterocycles. The molecule has 2 atom stereocenters. The fourth-order valence-corrected chi connectivity index (χ4v) is 3.93. The van der Waals surface area contributed by atoms with Crippen LogP contribution in [-0.4, -0.2) is 41.6 Å². The first-order valence-electron chi connectivity index (χ1n) is 8.78. The van der Waals surface area contributed by atoms with Crippen molar-refractivity contribution >= 4 is 11.6 Å². The molecular formula is C19H28N2O2. The average molecular weight is 316 g/mol. The number of aliphatic hydroxyl groups is 1. The highest BCUT2D eigenvalue weighted by Crippen LogP contribution is 2.34. The number of nitrogens with zero attached hydrogens (tertiary/aromatic N) is 2. The summed E-state index contributed by atoms with van der Waals surface area (Å²) in [6.45, 7) is 8.86. The Hall–Kier alpha value is -1.39. The number of hydrogen-bond donors (Lipinski definition) is 1. The fraction of sp³-hybridized carbons (Fsp3) is 0.632. The molecule has 1 aromatic rings. The maximum atomic E-state index is 11.8. The van der Waals surface area contributed by atoms with Crippen LogP contribution < -0.4 is 4.90 Å². The molecule has 2 aliphatic rings. The highest BCUT2D eigenvalue weighted by Gasteiger charge is 2.29. The summed E-state index contributed by atoms with van der Waals surface area (Å²) in [7, 11) is 0. The molecule has 23 heavy (non-hydrogen) atoms. The molecule has 0 aromatic heterocycles. The van der Waals surface area contributed by atoms with Gasteiger partial charge < -0.3 is 14.9 Å². The van der Waals surface area contributed by atoms with E-state index in [0.717, 1.165) is 36.7 Å². The Balaban J connectivity index is 1.70. The standard InChI is InChI=1S/C19H28N2O2/c1-13-6-8-20(9-7-13)12-19(23)16-4-5-18-17(11-16)10-14(2)21(18)15(3)22/h4-5,11,13-14,19,23H,6-10,12H2,1-3H3. The van der Waals surface area contributed by atoms with Gasteiger partial charge in [-0.15, -0.1) is 0 Å². The van der Waals surface area contributed by atoms with Crippen molar-refractivity contribution in [1.82, 2.24) is 4.90 Å². The molecule has 126 valence electrons. The highest BCUT2D eigenvalue weighted by molar-refractivity contribution is 5.94. The van der Waals surface area contributed by atoms with Crippen LogP contribution in [0.4, 0.5) is 5.69 Å². The molecule has 0 bridgehead atoms. The lowest BCUT2D eigenvalue weighted by molar-refractivity contribution is -0.116. The van der Waals surface area contributed by atoms with E-state index in [4.69, 9.17) is 0 Å². The molecule has 2 aliphatic heterocycles. The van der Waals surface area contributed by atoms with Crippen molar-refractivity contribution in [2.75, 3.05) is 24.5 Å². The summed E-state index contributed by atoms with van der Waals surface area (Å²) in [4.78, 5) is 16.0. The lowest BCUT2D eigenvalue weighted by Crippen LogP contribution is -2.36. The summed E-state index contributed by atoms with van der Waals surface area (Å²) in [5.41, 5.74) is 3.16. The number of carbonyl (C=O) groups excluding carboxylic acids is 1. The number of piperidine rings is 1. The van der Waals surface area contributed by atoms with Gasteiger partial charge in [0.1, 0.15) is 0 Å². The van der Waals surface area contributed by atoms with Crippen molar-refractivity contribution < 1.29 is 9.90 Å². The first-order valence-corrected chi connectivity index (χ1v) is 8.78. The van der Waals surface area contributed by atoms with Gasteiger partial charge in [0.2, 0.25) is 5.91 Å². The third-order valence-electron chi connectivity index (χ3n) is 5.35. The van der Waals surface area contributed by atoms with Gasteiger partial charge in [0, 0.05) is 25.2 Å². The van der Waals surface area contributed by atoms with Gasteiger partial charge in [0.05, 0.1) is 6.10 Å². The SMILES string of the molecule is CC(=O)N1c2ccc(C(O)CN3CCC(C)CC3)cc2CC1C. The van der Waals surface area contributed by atoms with Crippen LogP contribution >= 0.6 is 0 Å². The third-order valence-corrected chi connectivity index (χ3v) is 5.35. The molecule has 1 aromatic carbocycles. The third kappa shape index (κ3) is 3.43. The Morgan fingerprint density at radius 2 is 2.00 bits per heavy atom. The molecular weight excluding hydrogens is 288 g/mol. The van der Waals surface area contributed by atoms with Crippen molar-refractivity contribution in [1.29, 1.82) is 0 Å². The number of amides is 1. The molecule has 2 unspecified atom stereocenters. The van der Waals surface area contributed by atoms with Gasteiger partial charge in [0.25, 0.3) is 0 Å².